The number of nitrogens with one attached hydrogen (secondary N) is 1. The summed E-state index contributed by atoms with van der Waals surface area (Å²) in [5, 5.41) is 3.72. The Labute approximate surface area is 121 Å². The lowest BCUT2D eigenvalue weighted by Crippen LogP contribution is -2.53. The fraction of sp³-hybridized carbons (Fsp3) is 1.00. The summed E-state index contributed by atoms with van der Waals surface area (Å²) in [6, 6.07) is 1.42. The third-order valence-corrected chi connectivity index (χ3v) is 5.28. The zero-order valence-electron chi connectivity index (χ0n) is 14.0. The summed E-state index contributed by atoms with van der Waals surface area (Å²) in [4.78, 5) is 2.76. The van der Waals surface area contributed by atoms with Gasteiger partial charge in [0.1, 0.15) is 0 Å². The van der Waals surface area contributed by atoms with Crippen LogP contribution >= 0.6 is 0 Å². The fourth-order valence-electron chi connectivity index (χ4n) is 3.55. The number of likely N-dealkylation sites (tertiary alicyclic amines) is 1. The molecule has 114 valence electrons. The SMILES string of the molecule is CCCC(NCC)C(CC)N1CCC(C)(CC)CC1. The lowest BCUT2D eigenvalue weighted by Gasteiger charge is -2.44. The van der Waals surface area contributed by atoms with Crippen molar-refractivity contribution in [2.45, 2.75) is 85.2 Å². The number of likely N-dealkylation sites (N-methyl/N-ethyl adjacent to an activating group) is 1. The number of hydrogen-bond acceptors (Lipinski definition) is 2. The molecule has 2 unspecified atom stereocenters. The van der Waals surface area contributed by atoms with Gasteiger partial charge in [0, 0.05) is 12.1 Å². The van der Waals surface area contributed by atoms with Crippen LogP contribution in [0.15, 0.2) is 0 Å². The Bertz CT molecular complexity index is 225. The number of hydrogen-bond donors (Lipinski definition) is 1. The summed E-state index contributed by atoms with van der Waals surface area (Å²) >= 11 is 0. The van der Waals surface area contributed by atoms with Crippen molar-refractivity contribution < 1.29 is 0 Å². The molecule has 1 heterocycles. The van der Waals surface area contributed by atoms with Crippen LogP contribution in [-0.4, -0.2) is 36.6 Å². The van der Waals surface area contributed by atoms with Crippen LogP contribution in [0.5, 0.6) is 0 Å². The smallest absolute Gasteiger partial charge is 0.0246 e. The van der Waals surface area contributed by atoms with Gasteiger partial charge < -0.3 is 5.32 Å². The van der Waals surface area contributed by atoms with Crippen LogP contribution in [0.3, 0.4) is 0 Å². The molecule has 0 amide bonds. The zero-order valence-corrected chi connectivity index (χ0v) is 14.0. The van der Waals surface area contributed by atoms with Gasteiger partial charge in [-0.15, -0.1) is 0 Å². The molecule has 2 nitrogen and oxygen atoms in total. The van der Waals surface area contributed by atoms with E-state index < -0.39 is 0 Å². The molecule has 2 atom stereocenters. The van der Waals surface area contributed by atoms with Gasteiger partial charge in [0.15, 0.2) is 0 Å². The van der Waals surface area contributed by atoms with Crippen LogP contribution in [0, 0.1) is 5.41 Å². The highest BCUT2D eigenvalue weighted by molar-refractivity contribution is 4.89. The van der Waals surface area contributed by atoms with Crippen LogP contribution in [0.25, 0.3) is 0 Å². The third-order valence-electron chi connectivity index (χ3n) is 5.28. The quantitative estimate of drug-likeness (QED) is 0.714. The number of piperidine rings is 1. The molecule has 0 aromatic rings. The normalized spacial score (nSPS) is 23.2. The van der Waals surface area contributed by atoms with Gasteiger partial charge in [0.2, 0.25) is 0 Å². The van der Waals surface area contributed by atoms with Gasteiger partial charge in [-0.2, -0.15) is 0 Å². The van der Waals surface area contributed by atoms with Crippen LogP contribution in [0.4, 0.5) is 0 Å². The molecule has 1 saturated heterocycles. The molecule has 0 radical (unpaired) electrons. The van der Waals surface area contributed by atoms with Gasteiger partial charge in [0.25, 0.3) is 0 Å². The molecule has 1 N–H and O–H groups in total. The van der Waals surface area contributed by atoms with Crippen molar-refractivity contribution in [3.8, 4) is 0 Å². The Kier molecular flexibility index (Phi) is 7.38. The van der Waals surface area contributed by atoms with E-state index in [1.54, 1.807) is 0 Å². The van der Waals surface area contributed by atoms with Crippen molar-refractivity contribution in [3.63, 3.8) is 0 Å². The molecule has 1 aliphatic heterocycles. The Balaban J connectivity index is 2.59. The summed E-state index contributed by atoms with van der Waals surface area (Å²) in [5.41, 5.74) is 0.604. The summed E-state index contributed by atoms with van der Waals surface area (Å²) < 4.78 is 0. The maximum absolute atomic E-state index is 3.72. The minimum atomic E-state index is 0.604. The van der Waals surface area contributed by atoms with Gasteiger partial charge in [-0.05, 0) is 50.7 Å². The standard InChI is InChI=1S/C17H36N2/c1-6-10-15(18-9-4)16(7-2)19-13-11-17(5,8-3)12-14-19/h15-16,18H,6-14H2,1-5H3. The minimum Gasteiger partial charge on any atom is -0.313 e. The first-order valence-corrected chi connectivity index (χ1v) is 8.57. The molecule has 0 aliphatic carbocycles. The van der Waals surface area contributed by atoms with E-state index >= 15 is 0 Å². The molecule has 2 heteroatoms. The largest absolute Gasteiger partial charge is 0.313 e. The van der Waals surface area contributed by atoms with E-state index in [0.717, 1.165) is 12.6 Å². The van der Waals surface area contributed by atoms with E-state index in [1.165, 1.54) is 51.6 Å². The van der Waals surface area contributed by atoms with E-state index in [9.17, 15) is 0 Å². The fourth-order valence-corrected chi connectivity index (χ4v) is 3.55. The van der Waals surface area contributed by atoms with Crippen molar-refractivity contribution in [2.75, 3.05) is 19.6 Å². The first-order valence-electron chi connectivity index (χ1n) is 8.57. The van der Waals surface area contributed by atoms with E-state index in [-0.39, 0.29) is 0 Å². The maximum atomic E-state index is 3.72. The van der Waals surface area contributed by atoms with Crippen molar-refractivity contribution >= 4 is 0 Å². The molecule has 0 aromatic carbocycles. The Morgan fingerprint density at radius 3 is 2.16 bits per heavy atom. The topological polar surface area (TPSA) is 15.3 Å². The molecule has 1 rings (SSSR count). The summed E-state index contributed by atoms with van der Waals surface area (Å²) in [6.45, 7) is 15.4. The second kappa shape index (κ2) is 8.26. The van der Waals surface area contributed by atoms with Crippen LogP contribution < -0.4 is 5.32 Å². The van der Waals surface area contributed by atoms with Gasteiger partial charge in [0.05, 0.1) is 0 Å². The summed E-state index contributed by atoms with van der Waals surface area (Å²) in [6.07, 6.45) is 7.97. The van der Waals surface area contributed by atoms with Gasteiger partial charge >= 0.3 is 0 Å². The monoisotopic (exact) mass is 268 g/mol. The van der Waals surface area contributed by atoms with E-state index in [1.807, 2.05) is 0 Å². The van der Waals surface area contributed by atoms with E-state index in [0.29, 0.717) is 11.5 Å². The first kappa shape index (κ1) is 17.0. The average Bonchev–Trinajstić information content (AvgIpc) is 2.42. The Morgan fingerprint density at radius 2 is 1.74 bits per heavy atom. The second-order valence-electron chi connectivity index (χ2n) is 6.63. The molecular weight excluding hydrogens is 232 g/mol. The molecule has 0 aromatic heterocycles. The lowest BCUT2D eigenvalue weighted by molar-refractivity contribution is 0.0613. The maximum Gasteiger partial charge on any atom is 0.0246 e. The van der Waals surface area contributed by atoms with Crippen molar-refractivity contribution in [1.82, 2.24) is 10.2 Å². The molecule has 0 saturated carbocycles. The van der Waals surface area contributed by atoms with E-state index in [2.05, 4.69) is 44.8 Å². The van der Waals surface area contributed by atoms with Crippen molar-refractivity contribution in [2.24, 2.45) is 5.41 Å². The highest BCUT2D eigenvalue weighted by atomic mass is 15.2. The second-order valence-corrected chi connectivity index (χ2v) is 6.63. The molecule has 0 bridgehead atoms. The highest BCUT2D eigenvalue weighted by Gasteiger charge is 2.33. The average molecular weight is 268 g/mol. The summed E-state index contributed by atoms with van der Waals surface area (Å²) in [7, 11) is 0. The highest BCUT2D eigenvalue weighted by Crippen LogP contribution is 2.35. The van der Waals surface area contributed by atoms with Gasteiger partial charge in [-0.3, -0.25) is 4.90 Å². The number of rotatable bonds is 8. The minimum absolute atomic E-state index is 0.604. The van der Waals surface area contributed by atoms with Crippen LogP contribution in [-0.2, 0) is 0 Å². The molecule has 1 aliphatic rings. The van der Waals surface area contributed by atoms with Crippen molar-refractivity contribution in [3.05, 3.63) is 0 Å². The van der Waals surface area contributed by atoms with Crippen LogP contribution in [0.2, 0.25) is 0 Å². The summed E-state index contributed by atoms with van der Waals surface area (Å²) in [5.74, 6) is 0. The van der Waals surface area contributed by atoms with E-state index in [4.69, 9.17) is 0 Å². The zero-order chi connectivity index (χ0) is 14.3. The van der Waals surface area contributed by atoms with Gasteiger partial charge in [-0.25, -0.2) is 0 Å². The lowest BCUT2D eigenvalue weighted by atomic mass is 9.77. The Hall–Kier alpha value is -0.0800. The predicted octanol–water partition coefficient (Wildman–Crippen LogP) is 4.06. The molecular formula is C17H36N2. The van der Waals surface area contributed by atoms with Crippen molar-refractivity contribution in [1.29, 1.82) is 0 Å². The molecule has 0 spiro atoms. The van der Waals surface area contributed by atoms with Gasteiger partial charge in [-0.1, -0.05) is 47.5 Å². The third kappa shape index (κ3) is 4.75. The molecule has 1 fully saturated rings. The van der Waals surface area contributed by atoms with Crippen LogP contribution in [0.1, 0.15) is 73.1 Å². The first-order chi connectivity index (χ1) is 9.10. The Morgan fingerprint density at radius 1 is 1.11 bits per heavy atom. The molecule has 19 heavy (non-hydrogen) atoms. The predicted molar refractivity (Wildman–Crippen MR) is 85.7 cm³/mol. The number of nitrogens with zero attached hydrogens (tertiary/aromatic N) is 1.